The molecule has 0 spiro atoms. The fourth-order valence-electron chi connectivity index (χ4n) is 5.12. The molecule has 1 aliphatic rings. The van der Waals surface area contributed by atoms with Crippen molar-refractivity contribution in [2.75, 3.05) is 20.3 Å². The van der Waals surface area contributed by atoms with Gasteiger partial charge in [-0.2, -0.15) is 5.10 Å². The van der Waals surface area contributed by atoms with Crippen molar-refractivity contribution in [1.29, 1.82) is 0 Å². The average molecular weight is 639 g/mol. The van der Waals surface area contributed by atoms with E-state index in [1.54, 1.807) is 45.2 Å². The van der Waals surface area contributed by atoms with Crippen LogP contribution in [-0.4, -0.2) is 43.5 Å². The molecule has 0 radical (unpaired) electrons. The van der Waals surface area contributed by atoms with Crippen molar-refractivity contribution in [3.8, 4) is 17.2 Å². The summed E-state index contributed by atoms with van der Waals surface area (Å²) in [5.74, 6) is 0.461. The number of rotatable bonds is 12. The molecule has 1 atom stereocenters. The van der Waals surface area contributed by atoms with E-state index in [4.69, 9.17) is 31.2 Å². The first-order valence-electron chi connectivity index (χ1n) is 14.6. The highest BCUT2D eigenvalue weighted by atomic mass is 32.1. The van der Waals surface area contributed by atoms with Gasteiger partial charge in [0, 0.05) is 16.8 Å². The van der Waals surface area contributed by atoms with Crippen LogP contribution >= 0.6 is 12.2 Å². The summed E-state index contributed by atoms with van der Waals surface area (Å²) in [7, 11) is 1.57. The molecule has 0 aliphatic carbocycles. The third kappa shape index (κ3) is 7.44. The third-order valence-electron chi connectivity index (χ3n) is 7.23. The summed E-state index contributed by atoms with van der Waals surface area (Å²) < 4.78 is 22.9. The van der Waals surface area contributed by atoms with Crippen LogP contribution in [0.5, 0.6) is 17.2 Å². The van der Waals surface area contributed by atoms with Gasteiger partial charge < -0.3 is 29.6 Å². The molecule has 0 saturated carbocycles. The first-order chi connectivity index (χ1) is 22.4. The summed E-state index contributed by atoms with van der Waals surface area (Å²) in [6.07, 6.45) is 1.49. The Morgan fingerprint density at radius 1 is 0.957 bits per heavy atom. The zero-order chi connectivity index (χ0) is 32.5. The molecule has 5 rings (SSSR count). The molecule has 0 bridgehead atoms. The van der Waals surface area contributed by atoms with Crippen LogP contribution < -0.4 is 30.3 Å². The van der Waals surface area contributed by atoms with Crippen LogP contribution in [0.4, 0.5) is 0 Å². The Balaban J connectivity index is 1.26. The topological polar surface area (TPSA) is 120 Å². The number of hydrazone groups is 1. The van der Waals surface area contributed by atoms with E-state index in [-0.39, 0.29) is 13.2 Å². The van der Waals surface area contributed by atoms with Crippen LogP contribution in [0.25, 0.3) is 10.8 Å². The summed E-state index contributed by atoms with van der Waals surface area (Å²) in [6, 6.07) is 26.1. The molecule has 4 aromatic rings. The van der Waals surface area contributed by atoms with Crippen LogP contribution in [0.15, 0.2) is 101 Å². The second-order valence-corrected chi connectivity index (χ2v) is 10.6. The Morgan fingerprint density at radius 2 is 1.70 bits per heavy atom. The summed E-state index contributed by atoms with van der Waals surface area (Å²) >= 11 is 5.34. The number of hydrogen-bond acceptors (Lipinski definition) is 8. The normalized spacial score (nSPS) is 14.4. The lowest BCUT2D eigenvalue weighted by molar-refractivity contribution is -0.139. The highest BCUT2D eigenvalue weighted by Gasteiger charge is 2.32. The molecule has 3 N–H and O–H groups in total. The average Bonchev–Trinajstić information content (AvgIpc) is 3.06. The van der Waals surface area contributed by atoms with Crippen molar-refractivity contribution in [3.63, 3.8) is 0 Å². The van der Waals surface area contributed by atoms with Gasteiger partial charge in [0.05, 0.1) is 31.5 Å². The molecule has 1 aliphatic heterocycles. The lowest BCUT2D eigenvalue weighted by Gasteiger charge is -2.30. The van der Waals surface area contributed by atoms with E-state index >= 15 is 0 Å². The first-order valence-corrected chi connectivity index (χ1v) is 15.1. The third-order valence-corrected chi connectivity index (χ3v) is 7.45. The number of para-hydroxylation sites is 2. The van der Waals surface area contributed by atoms with Gasteiger partial charge in [-0.15, -0.1) is 0 Å². The Hall–Kier alpha value is -5.42. The van der Waals surface area contributed by atoms with E-state index in [0.29, 0.717) is 51.4 Å². The zero-order valence-corrected chi connectivity index (χ0v) is 26.5. The van der Waals surface area contributed by atoms with Crippen LogP contribution in [0.3, 0.4) is 0 Å². The van der Waals surface area contributed by atoms with Gasteiger partial charge >= 0.3 is 5.97 Å². The Labute approximate surface area is 272 Å². The molecule has 0 unspecified atom stereocenters. The van der Waals surface area contributed by atoms with E-state index in [2.05, 4.69) is 39.4 Å². The fraction of sp³-hybridized carbons (Fsp3) is 0.200. The highest BCUT2D eigenvalue weighted by molar-refractivity contribution is 7.80. The predicted octanol–water partition coefficient (Wildman–Crippen LogP) is 5.31. The van der Waals surface area contributed by atoms with Crippen LogP contribution in [0, 0.1) is 0 Å². The maximum Gasteiger partial charge on any atom is 0.338 e. The molecule has 1 heterocycles. The maximum absolute atomic E-state index is 12.8. The molecule has 0 saturated heterocycles. The number of nitrogens with one attached hydrogen (secondary N) is 3. The molecule has 0 aromatic heterocycles. The Morgan fingerprint density at radius 3 is 2.52 bits per heavy atom. The molecular formula is C35H34N4O6S. The Kier molecular flexibility index (Phi) is 10.5. The number of esters is 1. The second kappa shape index (κ2) is 15.0. The smallest absolute Gasteiger partial charge is 0.338 e. The number of hydrogen-bond donors (Lipinski definition) is 3. The van der Waals surface area contributed by atoms with Crippen molar-refractivity contribution in [1.82, 2.24) is 16.1 Å². The van der Waals surface area contributed by atoms with Crippen molar-refractivity contribution in [2.45, 2.75) is 26.5 Å². The summed E-state index contributed by atoms with van der Waals surface area (Å²) in [5.41, 5.74) is 5.71. The number of thiocarbonyl (C=S) groups is 1. The van der Waals surface area contributed by atoms with Crippen LogP contribution in [-0.2, 0) is 20.9 Å². The van der Waals surface area contributed by atoms with Gasteiger partial charge in [0.1, 0.15) is 12.4 Å². The molecule has 11 heteroatoms. The van der Waals surface area contributed by atoms with Gasteiger partial charge in [0.15, 0.2) is 23.2 Å². The largest absolute Gasteiger partial charge is 0.493 e. The summed E-state index contributed by atoms with van der Waals surface area (Å²) in [4.78, 5) is 25.6. The van der Waals surface area contributed by atoms with E-state index in [0.717, 1.165) is 16.3 Å². The number of carbonyl (C=O) groups is 2. The van der Waals surface area contributed by atoms with E-state index in [1.807, 2.05) is 42.5 Å². The molecule has 4 aromatic carbocycles. The Bertz CT molecular complexity index is 1820. The summed E-state index contributed by atoms with van der Waals surface area (Å²) in [6.45, 7) is 3.70. The van der Waals surface area contributed by atoms with Crippen LogP contribution in [0.1, 0.15) is 36.6 Å². The van der Waals surface area contributed by atoms with Gasteiger partial charge in [0.2, 0.25) is 0 Å². The number of amides is 1. The van der Waals surface area contributed by atoms with Crippen molar-refractivity contribution in [3.05, 3.63) is 113 Å². The molecule has 236 valence electrons. The minimum absolute atomic E-state index is 0.221. The van der Waals surface area contributed by atoms with Gasteiger partial charge in [-0.25, -0.2) is 10.2 Å². The van der Waals surface area contributed by atoms with E-state index in [9.17, 15) is 9.59 Å². The number of benzene rings is 4. The first kappa shape index (κ1) is 32.0. The van der Waals surface area contributed by atoms with Gasteiger partial charge in [-0.05, 0) is 60.6 Å². The number of allylic oxidation sites excluding steroid dienone is 1. The minimum Gasteiger partial charge on any atom is -0.493 e. The van der Waals surface area contributed by atoms with Crippen molar-refractivity contribution < 1.29 is 28.5 Å². The monoisotopic (exact) mass is 638 g/mol. The molecular weight excluding hydrogens is 604 g/mol. The number of nitrogens with zero attached hydrogens (tertiary/aromatic N) is 1. The lowest BCUT2D eigenvalue weighted by atomic mass is 9.95. The van der Waals surface area contributed by atoms with Crippen LogP contribution in [0.2, 0.25) is 0 Å². The second-order valence-electron chi connectivity index (χ2n) is 10.2. The fourth-order valence-corrected chi connectivity index (χ4v) is 5.40. The van der Waals surface area contributed by atoms with Gasteiger partial charge in [0.25, 0.3) is 5.91 Å². The SMILES string of the molecule is CCOC(=O)C1=C(C)NC(=S)N[C@@H]1c1ccccc1OCC(=O)NN=Cc1cccc(OC)c1OCc1cccc2ccccc12. The molecule has 46 heavy (non-hydrogen) atoms. The van der Waals surface area contributed by atoms with Gasteiger partial charge in [-0.1, -0.05) is 66.7 Å². The van der Waals surface area contributed by atoms with Crippen molar-refractivity contribution in [2.24, 2.45) is 5.10 Å². The number of methoxy groups -OCH3 is 1. The standard InChI is InChI=1S/C35H34N4O6S/c1-4-43-34(41)31-22(2)37-35(46)38-32(31)27-16-7-8-17-28(27)44-21-30(40)39-36-19-24-13-10-18-29(42-3)33(24)45-20-25-14-9-12-23-11-5-6-15-26(23)25/h5-19,32H,4,20-21H2,1-3H3,(H,39,40)(H2,37,38,46)/t32-/m1/s1. The number of carbonyl (C=O) groups excluding carboxylic acids is 2. The lowest BCUT2D eigenvalue weighted by Crippen LogP contribution is -2.45. The zero-order valence-electron chi connectivity index (χ0n) is 25.7. The maximum atomic E-state index is 12.8. The molecule has 0 fully saturated rings. The quantitative estimate of drug-likeness (QED) is 0.0821. The van der Waals surface area contributed by atoms with Crippen molar-refractivity contribution >= 4 is 46.2 Å². The predicted molar refractivity (Wildman–Crippen MR) is 180 cm³/mol. The van der Waals surface area contributed by atoms with E-state index in [1.165, 1.54) is 6.21 Å². The number of fused-ring (bicyclic) bond motifs is 1. The van der Waals surface area contributed by atoms with E-state index < -0.39 is 17.9 Å². The molecule has 1 amide bonds. The number of ether oxygens (including phenoxy) is 4. The molecule has 10 nitrogen and oxygen atoms in total. The van der Waals surface area contributed by atoms with Gasteiger partial charge in [-0.3, -0.25) is 4.79 Å². The highest BCUT2D eigenvalue weighted by Crippen LogP contribution is 2.34. The summed E-state index contributed by atoms with van der Waals surface area (Å²) in [5, 5.41) is 12.8. The minimum atomic E-state index is -0.634.